The molecular weight excluding hydrogens is 166 g/mol. The Morgan fingerprint density at radius 2 is 1.77 bits per heavy atom. The van der Waals surface area contributed by atoms with Crippen LogP contribution in [0.4, 0.5) is 0 Å². The van der Waals surface area contributed by atoms with Gasteiger partial charge in [-0.15, -0.1) is 0 Å². The molecule has 2 aliphatic rings. The maximum absolute atomic E-state index is 11.7. The number of hydrogen-bond donors (Lipinski definition) is 0. The number of fused-ring (bicyclic) bond motifs is 1. The number of likely N-dealkylation sites (tertiary alicyclic amines) is 1. The maximum atomic E-state index is 11.7. The Kier molecular flexibility index (Phi) is 1.72. The second-order valence-electron chi connectivity index (χ2n) is 4.21. The molecule has 0 aromatic rings. The van der Waals surface area contributed by atoms with Crippen LogP contribution in [0.2, 0.25) is 0 Å². The van der Waals surface area contributed by atoms with Gasteiger partial charge in [-0.2, -0.15) is 0 Å². The molecule has 72 valence electrons. The Hall–Kier alpha value is -0.860. The highest BCUT2D eigenvalue weighted by atomic mass is 16.2. The van der Waals surface area contributed by atoms with E-state index in [9.17, 15) is 9.59 Å². The van der Waals surface area contributed by atoms with E-state index in [1.54, 1.807) is 0 Å². The molecule has 1 saturated heterocycles. The molecule has 1 aliphatic heterocycles. The third-order valence-corrected chi connectivity index (χ3v) is 3.46. The second kappa shape index (κ2) is 2.56. The van der Waals surface area contributed by atoms with E-state index in [1.807, 2.05) is 20.8 Å². The van der Waals surface area contributed by atoms with Crippen LogP contribution in [0.3, 0.4) is 0 Å². The molecule has 0 radical (unpaired) electrons. The van der Waals surface area contributed by atoms with Crippen LogP contribution >= 0.6 is 0 Å². The molecule has 1 heterocycles. The third kappa shape index (κ3) is 0.960. The minimum atomic E-state index is 0.0292. The average Bonchev–Trinajstić information content (AvgIpc) is 2.67. The Balaban J connectivity index is 2.17. The van der Waals surface area contributed by atoms with Crippen LogP contribution in [-0.4, -0.2) is 22.8 Å². The van der Waals surface area contributed by atoms with Crippen molar-refractivity contribution in [3.8, 4) is 0 Å². The summed E-state index contributed by atoms with van der Waals surface area (Å²) >= 11 is 0. The molecule has 1 aliphatic carbocycles. The molecule has 0 aromatic heterocycles. The van der Waals surface area contributed by atoms with Gasteiger partial charge in [0, 0.05) is 6.04 Å². The molecule has 0 N–H and O–H groups in total. The number of carbonyl (C=O) groups excluding carboxylic acids is 2. The Morgan fingerprint density at radius 3 is 2.15 bits per heavy atom. The average molecular weight is 181 g/mol. The highest BCUT2D eigenvalue weighted by molar-refractivity contribution is 6.09. The number of amides is 2. The van der Waals surface area contributed by atoms with Crippen molar-refractivity contribution >= 4 is 11.8 Å². The van der Waals surface area contributed by atoms with Gasteiger partial charge in [0.15, 0.2) is 0 Å². The van der Waals surface area contributed by atoms with Crippen LogP contribution in [-0.2, 0) is 9.59 Å². The molecule has 4 atom stereocenters. The van der Waals surface area contributed by atoms with E-state index in [4.69, 9.17) is 0 Å². The predicted octanol–water partition coefficient (Wildman–Crippen LogP) is 1.04. The predicted molar refractivity (Wildman–Crippen MR) is 47.8 cm³/mol. The lowest BCUT2D eigenvalue weighted by molar-refractivity contribution is -0.144. The number of hydrogen-bond acceptors (Lipinski definition) is 2. The Labute approximate surface area is 78.1 Å². The van der Waals surface area contributed by atoms with E-state index in [0.29, 0.717) is 5.92 Å². The minimum Gasteiger partial charge on any atom is -0.279 e. The largest absolute Gasteiger partial charge is 0.279 e. The summed E-state index contributed by atoms with van der Waals surface area (Å²) in [6.45, 7) is 5.92. The molecule has 2 amide bonds. The summed E-state index contributed by atoms with van der Waals surface area (Å²) in [5.41, 5.74) is 0. The minimum absolute atomic E-state index is 0.0292. The van der Waals surface area contributed by atoms with Crippen LogP contribution in [0, 0.1) is 17.8 Å². The monoisotopic (exact) mass is 181 g/mol. The summed E-state index contributed by atoms with van der Waals surface area (Å²) in [5.74, 6) is 0.497. The molecule has 0 bridgehead atoms. The van der Waals surface area contributed by atoms with E-state index in [1.165, 1.54) is 4.90 Å². The Morgan fingerprint density at radius 1 is 1.31 bits per heavy atom. The lowest BCUT2D eigenvalue weighted by Gasteiger charge is -2.23. The van der Waals surface area contributed by atoms with Crippen molar-refractivity contribution in [1.29, 1.82) is 0 Å². The summed E-state index contributed by atoms with van der Waals surface area (Å²) in [6.07, 6.45) is 0.852. The van der Waals surface area contributed by atoms with Gasteiger partial charge in [0.2, 0.25) is 11.8 Å². The number of nitrogens with zero attached hydrogens (tertiary/aromatic N) is 1. The van der Waals surface area contributed by atoms with Gasteiger partial charge < -0.3 is 0 Å². The zero-order chi connectivity index (χ0) is 9.75. The molecule has 2 unspecified atom stereocenters. The molecule has 1 saturated carbocycles. The van der Waals surface area contributed by atoms with Crippen LogP contribution in [0.25, 0.3) is 0 Å². The van der Waals surface area contributed by atoms with Gasteiger partial charge in [0.25, 0.3) is 0 Å². The second-order valence-corrected chi connectivity index (χ2v) is 4.21. The van der Waals surface area contributed by atoms with Crippen molar-refractivity contribution < 1.29 is 9.59 Å². The van der Waals surface area contributed by atoms with Gasteiger partial charge in [-0.1, -0.05) is 13.8 Å². The smallest absolute Gasteiger partial charge is 0.233 e. The molecule has 3 heteroatoms. The fraction of sp³-hybridized carbons (Fsp3) is 0.800. The SMILES string of the molecule is CCC(C)N1C(=O)[C@@H]2C(C)[C@@H]2C1=O. The summed E-state index contributed by atoms with van der Waals surface area (Å²) in [6, 6.07) is 0.0833. The first-order valence-electron chi connectivity index (χ1n) is 4.96. The van der Waals surface area contributed by atoms with Gasteiger partial charge in [-0.25, -0.2) is 0 Å². The number of piperidine rings is 1. The highest BCUT2D eigenvalue weighted by Gasteiger charge is 2.65. The van der Waals surface area contributed by atoms with Crippen molar-refractivity contribution in [2.75, 3.05) is 0 Å². The van der Waals surface area contributed by atoms with Gasteiger partial charge >= 0.3 is 0 Å². The normalized spacial score (nSPS) is 39.3. The molecule has 3 nitrogen and oxygen atoms in total. The third-order valence-electron chi connectivity index (χ3n) is 3.46. The Bertz CT molecular complexity index is 252. The van der Waals surface area contributed by atoms with Crippen LogP contribution in [0.5, 0.6) is 0 Å². The summed E-state index contributed by atoms with van der Waals surface area (Å²) in [7, 11) is 0. The number of carbonyl (C=O) groups is 2. The molecule has 13 heavy (non-hydrogen) atoms. The van der Waals surface area contributed by atoms with Crippen LogP contribution in [0.1, 0.15) is 27.2 Å². The van der Waals surface area contributed by atoms with E-state index in [0.717, 1.165) is 6.42 Å². The maximum Gasteiger partial charge on any atom is 0.233 e. The van der Waals surface area contributed by atoms with E-state index < -0.39 is 0 Å². The quantitative estimate of drug-likeness (QED) is 0.597. The van der Waals surface area contributed by atoms with Gasteiger partial charge in [0.1, 0.15) is 0 Å². The highest BCUT2D eigenvalue weighted by Crippen LogP contribution is 2.53. The molecule has 2 rings (SSSR count). The summed E-state index contributed by atoms with van der Waals surface area (Å²) in [5, 5.41) is 0. The first kappa shape index (κ1) is 8.73. The first-order chi connectivity index (χ1) is 6.09. The number of imide groups is 1. The van der Waals surface area contributed by atoms with Crippen LogP contribution in [0.15, 0.2) is 0 Å². The summed E-state index contributed by atoms with van der Waals surface area (Å²) in [4.78, 5) is 24.8. The van der Waals surface area contributed by atoms with E-state index >= 15 is 0 Å². The van der Waals surface area contributed by atoms with Gasteiger partial charge in [0.05, 0.1) is 11.8 Å². The standard InChI is InChI=1S/C10H15NO2/c1-4-5(2)11-9(12)7-6(3)8(7)10(11)13/h5-8H,4H2,1-3H3/t5?,6?,7-,8+. The fourth-order valence-corrected chi connectivity index (χ4v) is 2.27. The zero-order valence-corrected chi connectivity index (χ0v) is 8.28. The fourth-order valence-electron chi connectivity index (χ4n) is 2.27. The first-order valence-corrected chi connectivity index (χ1v) is 4.96. The van der Waals surface area contributed by atoms with Gasteiger partial charge in [-0.3, -0.25) is 14.5 Å². The van der Waals surface area contributed by atoms with E-state index in [2.05, 4.69) is 0 Å². The number of rotatable bonds is 2. The topological polar surface area (TPSA) is 37.4 Å². The molecular formula is C10H15NO2. The lowest BCUT2D eigenvalue weighted by atomic mass is 10.2. The molecule has 0 aromatic carbocycles. The van der Waals surface area contributed by atoms with Gasteiger partial charge in [-0.05, 0) is 19.3 Å². The van der Waals surface area contributed by atoms with Crippen molar-refractivity contribution in [1.82, 2.24) is 4.90 Å². The zero-order valence-electron chi connectivity index (χ0n) is 8.28. The summed E-state index contributed by atoms with van der Waals surface area (Å²) < 4.78 is 0. The van der Waals surface area contributed by atoms with Crippen molar-refractivity contribution in [3.63, 3.8) is 0 Å². The van der Waals surface area contributed by atoms with Crippen molar-refractivity contribution in [3.05, 3.63) is 0 Å². The van der Waals surface area contributed by atoms with Crippen molar-refractivity contribution in [2.45, 2.75) is 33.2 Å². The van der Waals surface area contributed by atoms with Crippen molar-refractivity contribution in [2.24, 2.45) is 17.8 Å². The lowest BCUT2D eigenvalue weighted by Crippen LogP contribution is -2.40. The molecule has 2 fully saturated rings. The molecule has 0 spiro atoms. The van der Waals surface area contributed by atoms with Crippen LogP contribution < -0.4 is 0 Å². The van der Waals surface area contributed by atoms with E-state index in [-0.39, 0.29) is 29.7 Å².